The van der Waals surface area contributed by atoms with Gasteiger partial charge >= 0.3 is 0 Å². The maximum atomic E-state index is 3.11. The lowest BCUT2D eigenvalue weighted by Crippen LogP contribution is -2.20. The Morgan fingerprint density at radius 2 is 2.50 bits per heavy atom. The van der Waals surface area contributed by atoms with Crippen molar-refractivity contribution in [3.63, 3.8) is 0 Å². The molecule has 0 aromatic rings. The fraction of sp³-hybridized carbons (Fsp3) is 0.500. The van der Waals surface area contributed by atoms with E-state index in [1.165, 1.54) is 5.57 Å². The summed E-state index contributed by atoms with van der Waals surface area (Å²) in [6.07, 6.45) is 6.26. The summed E-state index contributed by atoms with van der Waals surface area (Å²) < 4.78 is 0. The minimum absolute atomic E-state index is 0.948. The molecular formula is C8H14N2. The van der Waals surface area contributed by atoms with Crippen LogP contribution in [0.25, 0.3) is 0 Å². The van der Waals surface area contributed by atoms with Crippen LogP contribution in [0.3, 0.4) is 0 Å². The van der Waals surface area contributed by atoms with Crippen LogP contribution in [0.15, 0.2) is 24.0 Å². The van der Waals surface area contributed by atoms with Crippen molar-refractivity contribution in [1.82, 2.24) is 10.2 Å². The van der Waals surface area contributed by atoms with E-state index in [-0.39, 0.29) is 0 Å². The van der Waals surface area contributed by atoms with Crippen LogP contribution in [-0.2, 0) is 0 Å². The first kappa shape index (κ1) is 7.19. The molecule has 0 bridgehead atoms. The van der Waals surface area contributed by atoms with E-state index in [1.807, 2.05) is 6.20 Å². The molecule has 0 fully saturated rings. The molecule has 0 atom stereocenters. The van der Waals surface area contributed by atoms with Gasteiger partial charge in [-0.3, -0.25) is 0 Å². The number of nitrogens with zero attached hydrogens (tertiary/aromatic N) is 1. The van der Waals surface area contributed by atoms with Crippen LogP contribution >= 0.6 is 0 Å². The molecule has 10 heavy (non-hydrogen) atoms. The second kappa shape index (κ2) is 3.30. The molecule has 0 spiro atoms. The summed E-state index contributed by atoms with van der Waals surface area (Å²) in [4.78, 5) is 2.22. The lowest BCUT2D eigenvalue weighted by molar-refractivity contribution is 0.432. The first-order valence-electron chi connectivity index (χ1n) is 3.56. The lowest BCUT2D eigenvalue weighted by atomic mass is 10.3. The molecule has 0 unspecified atom stereocenters. The van der Waals surface area contributed by atoms with Gasteiger partial charge in [-0.2, -0.15) is 0 Å². The number of rotatable bonds is 2. The number of hydrogen-bond acceptors (Lipinski definition) is 2. The summed E-state index contributed by atoms with van der Waals surface area (Å²) >= 11 is 0. The largest absolute Gasteiger partial charge is 0.373 e. The zero-order valence-electron chi connectivity index (χ0n) is 6.59. The Labute approximate surface area is 62.2 Å². The third-order valence-electron chi connectivity index (χ3n) is 1.43. The molecule has 0 aromatic carbocycles. The summed E-state index contributed by atoms with van der Waals surface area (Å²) in [6.45, 7) is 6.20. The number of allylic oxidation sites excluding steroid dienone is 1. The second-order valence-electron chi connectivity index (χ2n) is 2.73. The Kier molecular flexibility index (Phi) is 2.37. The molecule has 56 valence electrons. The Morgan fingerprint density at radius 3 is 3.00 bits per heavy atom. The Hall–Kier alpha value is -0.920. The SMILES string of the molecule is CC(C)=CCN1C=CNC1. The predicted octanol–water partition coefficient (Wildman–Crippen LogP) is 1.29. The van der Waals surface area contributed by atoms with Gasteiger partial charge in [0, 0.05) is 18.9 Å². The highest BCUT2D eigenvalue weighted by molar-refractivity contribution is 4.98. The molecular weight excluding hydrogens is 124 g/mol. The van der Waals surface area contributed by atoms with Gasteiger partial charge in [-0.1, -0.05) is 11.6 Å². The van der Waals surface area contributed by atoms with Crippen molar-refractivity contribution in [1.29, 1.82) is 0 Å². The van der Waals surface area contributed by atoms with Gasteiger partial charge in [0.2, 0.25) is 0 Å². The van der Waals surface area contributed by atoms with Crippen molar-refractivity contribution in [2.75, 3.05) is 13.2 Å². The van der Waals surface area contributed by atoms with Gasteiger partial charge in [-0.15, -0.1) is 0 Å². The first-order valence-corrected chi connectivity index (χ1v) is 3.56. The minimum Gasteiger partial charge on any atom is -0.373 e. The molecule has 1 rings (SSSR count). The molecule has 1 N–H and O–H groups in total. The third kappa shape index (κ3) is 2.13. The van der Waals surface area contributed by atoms with Crippen molar-refractivity contribution >= 4 is 0 Å². The molecule has 1 aliphatic heterocycles. The molecule has 2 heteroatoms. The maximum absolute atomic E-state index is 3.11. The van der Waals surface area contributed by atoms with Gasteiger partial charge in [0.25, 0.3) is 0 Å². The van der Waals surface area contributed by atoms with Gasteiger partial charge in [-0.25, -0.2) is 0 Å². The van der Waals surface area contributed by atoms with Gasteiger partial charge in [0.15, 0.2) is 0 Å². The van der Waals surface area contributed by atoms with Crippen LogP contribution in [0.1, 0.15) is 13.8 Å². The fourth-order valence-corrected chi connectivity index (χ4v) is 0.806. The van der Waals surface area contributed by atoms with E-state index in [2.05, 4.69) is 36.3 Å². The highest BCUT2D eigenvalue weighted by atomic mass is 15.2. The summed E-state index contributed by atoms with van der Waals surface area (Å²) in [5, 5.41) is 3.11. The normalized spacial score (nSPS) is 15.2. The zero-order chi connectivity index (χ0) is 7.40. The summed E-state index contributed by atoms with van der Waals surface area (Å²) in [6, 6.07) is 0. The maximum Gasteiger partial charge on any atom is 0.0870 e. The predicted molar refractivity (Wildman–Crippen MR) is 43.3 cm³/mol. The average molecular weight is 138 g/mol. The second-order valence-corrected chi connectivity index (χ2v) is 2.73. The molecule has 0 saturated carbocycles. The third-order valence-corrected chi connectivity index (χ3v) is 1.43. The fourth-order valence-electron chi connectivity index (χ4n) is 0.806. The Morgan fingerprint density at radius 1 is 1.70 bits per heavy atom. The molecule has 2 nitrogen and oxygen atoms in total. The quantitative estimate of drug-likeness (QED) is 0.578. The summed E-state index contributed by atoms with van der Waals surface area (Å²) in [7, 11) is 0. The highest BCUT2D eigenvalue weighted by Crippen LogP contribution is 1.96. The van der Waals surface area contributed by atoms with E-state index in [1.54, 1.807) is 0 Å². The van der Waals surface area contributed by atoms with Gasteiger partial charge in [0.05, 0.1) is 6.67 Å². The van der Waals surface area contributed by atoms with Crippen molar-refractivity contribution in [2.45, 2.75) is 13.8 Å². The first-order chi connectivity index (χ1) is 4.79. The van der Waals surface area contributed by atoms with Gasteiger partial charge < -0.3 is 10.2 Å². The summed E-state index contributed by atoms with van der Waals surface area (Å²) in [5.74, 6) is 0. The van der Waals surface area contributed by atoms with Crippen molar-refractivity contribution in [3.8, 4) is 0 Å². The molecule has 0 radical (unpaired) electrons. The van der Waals surface area contributed by atoms with E-state index in [0.29, 0.717) is 0 Å². The van der Waals surface area contributed by atoms with Crippen LogP contribution in [0, 0.1) is 0 Å². The monoisotopic (exact) mass is 138 g/mol. The van der Waals surface area contributed by atoms with Crippen molar-refractivity contribution in [3.05, 3.63) is 24.0 Å². The van der Waals surface area contributed by atoms with Crippen LogP contribution < -0.4 is 5.32 Å². The van der Waals surface area contributed by atoms with E-state index in [4.69, 9.17) is 0 Å². The Bertz CT molecular complexity index is 155. The molecule has 1 aliphatic rings. The standard InChI is InChI=1S/C8H14N2/c1-8(2)3-5-10-6-4-9-7-10/h3-4,6,9H,5,7H2,1-2H3. The van der Waals surface area contributed by atoms with E-state index in [0.717, 1.165) is 13.2 Å². The van der Waals surface area contributed by atoms with Crippen LogP contribution in [0.2, 0.25) is 0 Å². The summed E-state index contributed by atoms with van der Waals surface area (Å²) in [5.41, 5.74) is 1.38. The zero-order valence-corrected chi connectivity index (χ0v) is 6.59. The smallest absolute Gasteiger partial charge is 0.0870 e. The number of nitrogens with one attached hydrogen (secondary N) is 1. The molecule has 0 aromatic heterocycles. The van der Waals surface area contributed by atoms with Gasteiger partial charge in [0.1, 0.15) is 0 Å². The molecule has 1 heterocycles. The van der Waals surface area contributed by atoms with Crippen LogP contribution in [0.5, 0.6) is 0 Å². The number of hydrogen-bond donors (Lipinski definition) is 1. The minimum atomic E-state index is 0.948. The van der Waals surface area contributed by atoms with E-state index >= 15 is 0 Å². The van der Waals surface area contributed by atoms with Crippen LogP contribution in [-0.4, -0.2) is 18.1 Å². The average Bonchev–Trinajstić information content (AvgIpc) is 2.34. The lowest BCUT2D eigenvalue weighted by Gasteiger charge is -2.11. The van der Waals surface area contributed by atoms with Crippen LogP contribution in [0.4, 0.5) is 0 Å². The Balaban J connectivity index is 2.26. The van der Waals surface area contributed by atoms with E-state index in [9.17, 15) is 0 Å². The van der Waals surface area contributed by atoms with E-state index < -0.39 is 0 Å². The molecule has 0 amide bonds. The van der Waals surface area contributed by atoms with Crippen molar-refractivity contribution < 1.29 is 0 Å². The van der Waals surface area contributed by atoms with Gasteiger partial charge in [-0.05, 0) is 13.8 Å². The van der Waals surface area contributed by atoms with Crippen molar-refractivity contribution in [2.24, 2.45) is 0 Å². The molecule has 0 saturated heterocycles. The highest BCUT2D eigenvalue weighted by Gasteiger charge is 1.98. The topological polar surface area (TPSA) is 15.3 Å². The molecule has 0 aliphatic carbocycles.